The van der Waals surface area contributed by atoms with Gasteiger partial charge in [-0.05, 0) is 24.6 Å². The normalized spacial score (nSPS) is 11.9. The fraction of sp³-hybridized carbons (Fsp3) is 0.0909. The SMILES string of the molecule is C/C(=N/N=C(c1ccccc1)c1ccccc1)c1ccc(S(C)(=O)=O)cc1. The van der Waals surface area contributed by atoms with Gasteiger partial charge in [-0.1, -0.05) is 72.8 Å². The maximum Gasteiger partial charge on any atom is 0.175 e. The maximum atomic E-state index is 11.6. The summed E-state index contributed by atoms with van der Waals surface area (Å²) in [6.07, 6.45) is 1.19. The molecule has 0 aliphatic carbocycles. The van der Waals surface area contributed by atoms with Crippen molar-refractivity contribution in [3.8, 4) is 0 Å². The molecule has 0 N–H and O–H groups in total. The molecule has 0 unspecified atom stereocenters. The van der Waals surface area contributed by atoms with Crippen LogP contribution in [0.5, 0.6) is 0 Å². The van der Waals surface area contributed by atoms with Crippen molar-refractivity contribution in [2.24, 2.45) is 10.2 Å². The van der Waals surface area contributed by atoms with Crippen LogP contribution >= 0.6 is 0 Å². The number of rotatable bonds is 5. The Bertz CT molecular complexity index is 1030. The zero-order chi connectivity index (χ0) is 19.3. The Balaban J connectivity index is 1.98. The Labute approximate surface area is 159 Å². The molecule has 0 fully saturated rings. The van der Waals surface area contributed by atoms with Crippen LogP contribution < -0.4 is 0 Å². The molecule has 0 aliphatic rings. The molecule has 136 valence electrons. The number of hydrogen-bond acceptors (Lipinski definition) is 4. The van der Waals surface area contributed by atoms with Crippen molar-refractivity contribution in [3.63, 3.8) is 0 Å². The third kappa shape index (κ3) is 4.77. The van der Waals surface area contributed by atoms with Crippen molar-refractivity contribution in [1.29, 1.82) is 0 Å². The van der Waals surface area contributed by atoms with Gasteiger partial charge in [0.15, 0.2) is 9.84 Å². The van der Waals surface area contributed by atoms with E-state index < -0.39 is 9.84 Å². The molecule has 0 bridgehead atoms. The second-order valence-electron chi connectivity index (χ2n) is 6.16. The molecule has 0 spiro atoms. The highest BCUT2D eigenvalue weighted by molar-refractivity contribution is 7.90. The fourth-order valence-electron chi connectivity index (χ4n) is 2.60. The van der Waals surface area contributed by atoms with E-state index in [0.29, 0.717) is 5.71 Å². The lowest BCUT2D eigenvalue weighted by molar-refractivity contribution is 0.602. The summed E-state index contributed by atoms with van der Waals surface area (Å²) < 4.78 is 23.2. The second kappa shape index (κ2) is 8.10. The maximum absolute atomic E-state index is 11.6. The molecule has 0 saturated heterocycles. The predicted molar refractivity (Wildman–Crippen MR) is 110 cm³/mol. The molecule has 3 rings (SSSR count). The van der Waals surface area contributed by atoms with Crippen LogP contribution in [0.15, 0.2) is 100 Å². The third-order valence-corrected chi connectivity index (χ3v) is 5.22. The standard InChI is InChI=1S/C22H20N2O2S/c1-17(18-13-15-21(16-14-18)27(2,25)26)23-24-22(19-9-5-3-6-10-19)20-11-7-4-8-12-20/h3-16H,1-2H3/b23-17-. The summed E-state index contributed by atoms with van der Waals surface area (Å²) in [6.45, 7) is 1.85. The zero-order valence-corrected chi connectivity index (χ0v) is 16.0. The van der Waals surface area contributed by atoms with Gasteiger partial charge in [-0.15, -0.1) is 5.10 Å². The van der Waals surface area contributed by atoms with Crippen LogP contribution in [-0.4, -0.2) is 26.1 Å². The van der Waals surface area contributed by atoms with Gasteiger partial charge < -0.3 is 0 Å². The zero-order valence-electron chi connectivity index (χ0n) is 15.2. The Morgan fingerprint density at radius 3 is 1.59 bits per heavy atom. The van der Waals surface area contributed by atoms with Crippen molar-refractivity contribution in [2.75, 3.05) is 6.26 Å². The number of nitrogens with zero attached hydrogens (tertiary/aromatic N) is 2. The molecular formula is C22H20N2O2S. The predicted octanol–water partition coefficient (Wildman–Crippen LogP) is 4.35. The monoisotopic (exact) mass is 376 g/mol. The molecule has 0 radical (unpaired) electrons. The average molecular weight is 376 g/mol. The van der Waals surface area contributed by atoms with Crippen LogP contribution in [0.3, 0.4) is 0 Å². The summed E-state index contributed by atoms with van der Waals surface area (Å²) in [7, 11) is -3.21. The van der Waals surface area contributed by atoms with E-state index in [1.165, 1.54) is 6.26 Å². The first-order valence-electron chi connectivity index (χ1n) is 8.49. The van der Waals surface area contributed by atoms with Gasteiger partial charge >= 0.3 is 0 Å². The Kier molecular flexibility index (Phi) is 5.62. The van der Waals surface area contributed by atoms with Crippen LogP contribution in [0.25, 0.3) is 0 Å². The lowest BCUT2D eigenvalue weighted by Crippen LogP contribution is -2.03. The molecule has 5 heteroatoms. The molecular weight excluding hydrogens is 356 g/mol. The molecule has 4 nitrogen and oxygen atoms in total. The molecule has 0 saturated carbocycles. The Morgan fingerprint density at radius 1 is 0.667 bits per heavy atom. The third-order valence-electron chi connectivity index (χ3n) is 4.09. The highest BCUT2D eigenvalue weighted by Crippen LogP contribution is 2.13. The van der Waals surface area contributed by atoms with Crippen molar-refractivity contribution >= 4 is 21.3 Å². The van der Waals surface area contributed by atoms with Crippen molar-refractivity contribution in [3.05, 3.63) is 102 Å². The van der Waals surface area contributed by atoms with E-state index in [2.05, 4.69) is 10.2 Å². The van der Waals surface area contributed by atoms with E-state index in [1.807, 2.05) is 67.6 Å². The minimum Gasteiger partial charge on any atom is -0.224 e. The largest absolute Gasteiger partial charge is 0.224 e. The molecule has 0 aliphatic heterocycles. The van der Waals surface area contributed by atoms with Gasteiger partial charge in [-0.25, -0.2) is 8.42 Å². The quantitative estimate of drug-likeness (QED) is 0.491. The van der Waals surface area contributed by atoms with Gasteiger partial charge in [0.25, 0.3) is 0 Å². The fourth-order valence-corrected chi connectivity index (χ4v) is 3.23. The Hall–Kier alpha value is -3.05. The molecule has 3 aromatic rings. The van der Waals surface area contributed by atoms with Crippen LogP contribution in [0.4, 0.5) is 0 Å². The molecule has 3 aromatic carbocycles. The molecule has 27 heavy (non-hydrogen) atoms. The second-order valence-corrected chi connectivity index (χ2v) is 8.18. The van der Waals surface area contributed by atoms with Crippen LogP contribution in [0, 0.1) is 0 Å². The van der Waals surface area contributed by atoms with Crippen molar-refractivity contribution in [2.45, 2.75) is 11.8 Å². The number of benzene rings is 3. The molecule has 0 amide bonds. The van der Waals surface area contributed by atoms with Crippen molar-refractivity contribution < 1.29 is 8.42 Å². The first kappa shape index (κ1) is 18.7. The molecule has 0 heterocycles. The van der Waals surface area contributed by atoms with Gasteiger partial charge in [0.1, 0.15) is 5.71 Å². The van der Waals surface area contributed by atoms with Gasteiger partial charge in [0, 0.05) is 17.4 Å². The van der Waals surface area contributed by atoms with E-state index >= 15 is 0 Å². The number of sulfone groups is 1. The van der Waals surface area contributed by atoms with Crippen LogP contribution in [0.2, 0.25) is 0 Å². The smallest absolute Gasteiger partial charge is 0.175 e. The first-order chi connectivity index (χ1) is 12.9. The first-order valence-corrected chi connectivity index (χ1v) is 10.4. The highest BCUT2D eigenvalue weighted by atomic mass is 32.2. The minimum absolute atomic E-state index is 0.289. The summed E-state index contributed by atoms with van der Waals surface area (Å²) in [5.74, 6) is 0. The minimum atomic E-state index is -3.21. The van der Waals surface area contributed by atoms with Gasteiger partial charge in [0.2, 0.25) is 0 Å². The summed E-state index contributed by atoms with van der Waals surface area (Å²) in [6, 6.07) is 26.4. The van der Waals surface area contributed by atoms with Crippen molar-refractivity contribution in [1.82, 2.24) is 0 Å². The Morgan fingerprint density at radius 2 is 1.15 bits per heavy atom. The van der Waals surface area contributed by atoms with Gasteiger partial charge in [-0.3, -0.25) is 0 Å². The topological polar surface area (TPSA) is 58.9 Å². The average Bonchev–Trinajstić information content (AvgIpc) is 2.69. The highest BCUT2D eigenvalue weighted by Gasteiger charge is 2.08. The molecule has 0 aromatic heterocycles. The summed E-state index contributed by atoms with van der Waals surface area (Å²) in [5, 5.41) is 8.89. The summed E-state index contributed by atoms with van der Waals surface area (Å²) in [5.41, 5.74) is 4.27. The lowest BCUT2D eigenvalue weighted by atomic mass is 10.0. The van der Waals surface area contributed by atoms with Crippen LogP contribution in [0.1, 0.15) is 23.6 Å². The summed E-state index contributed by atoms with van der Waals surface area (Å²) in [4.78, 5) is 0.289. The van der Waals surface area contributed by atoms with E-state index in [4.69, 9.17) is 0 Å². The van der Waals surface area contributed by atoms with E-state index in [9.17, 15) is 8.42 Å². The van der Waals surface area contributed by atoms with E-state index in [1.54, 1.807) is 24.3 Å². The lowest BCUT2D eigenvalue weighted by Gasteiger charge is -2.06. The number of hydrogen-bond donors (Lipinski definition) is 0. The molecule has 0 atom stereocenters. The van der Waals surface area contributed by atoms with Gasteiger partial charge in [-0.2, -0.15) is 5.10 Å². The van der Waals surface area contributed by atoms with Gasteiger partial charge in [0.05, 0.1) is 10.6 Å². The van der Waals surface area contributed by atoms with E-state index in [-0.39, 0.29) is 4.90 Å². The van der Waals surface area contributed by atoms with E-state index in [0.717, 1.165) is 22.4 Å². The van der Waals surface area contributed by atoms with Crippen LogP contribution in [-0.2, 0) is 9.84 Å². The summed E-state index contributed by atoms with van der Waals surface area (Å²) >= 11 is 0.